The van der Waals surface area contributed by atoms with Gasteiger partial charge in [-0.3, -0.25) is 0 Å². The standard InChI is InChI=1S/C17H20N2O3/c1-11-4-6-13(7-5-11)16(12(2)18)22-14-8-9-15(19-10-14)17(20)21-3/h4-10,12,16H,18H2,1-3H3/t12-,16+/m0/s1. The van der Waals surface area contributed by atoms with Crippen molar-refractivity contribution in [2.75, 3.05) is 7.11 Å². The van der Waals surface area contributed by atoms with Crippen LogP contribution in [0.15, 0.2) is 42.6 Å². The average Bonchev–Trinajstić information content (AvgIpc) is 2.53. The van der Waals surface area contributed by atoms with Gasteiger partial charge < -0.3 is 15.2 Å². The summed E-state index contributed by atoms with van der Waals surface area (Å²) in [5, 5.41) is 0. The van der Waals surface area contributed by atoms with Gasteiger partial charge in [0, 0.05) is 6.04 Å². The van der Waals surface area contributed by atoms with E-state index in [2.05, 4.69) is 9.72 Å². The van der Waals surface area contributed by atoms with Crippen molar-refractivity contribution in [3.8, 4) is 5.75 Å². The van der Waals surface area contributed by atoms with Crippen molar-refractivity contribution in [1.29, 1.82) is 0 Å². The fourth-order valence-corrected chi connectivity index (χ4v) is 2.06. The van der Waals surface area contributed by atoms with Crippen LogP contribution in [0.4, 0.5) is 0 Å². The number of hydrogen-bond donors (Lipinski definition) is 1. The molecule has 0 fully saturated rings. The predicted octanol–water partition coefficient (Wildman–Crippen LogP) is 2.64. The first-order chi connectivity index (χ1) is 10.5. The Morgan fingerprint density at radius 3 is 2.36 bits per heavy atom. The molecular weight excluding hydrogens is 280 g/mol. The second-order valence-corrected chi connectivity index (χ2v) is 5.18. The number of esters is 1. The summed E-state index contributed by atoms with van der Waals surface area (Å²) in [7, 11) is 1.32. The average molecular weight is 300 g/mol. The molecule has 1 aromatic carbocycles. The zero-order valence-electron chi connectivity index (χ0n) is 12.9. The lowest BCUT2D eigenvalue weighted by Crippen LogP contribution is -2.29. The van der Waals surface area contributed by atoms with Gasteiger partial charge in [0.1, 0.15) is 17.5 Å². The van der Waals surface area contributed by atoms with E-state index in [0.29, 0.717) is 5.75 Å². The summed E-state index contributed by atoms with van der Waals surface area (Å²) in [5.74, 6) is 0.0735. The summed E-state index contributed by atoms with van der Waals surface area (Å²) in [5.41, 5.74) is 8.45. The maximum atomic E-state index is 11.4. The van der Waals surface area contributed by atoms with Gasteiger partial charge in [-0.25, -0.2) is 9.78 Å². The summed E-state index contributed by atoms with van der Waals surface area (Å²) < 4.78 is 10.5. The van der Waals surface area contributed by atoms with E-state index < -0.39 is 5.97 Å². The van der Waals surface area contributed by atoms with Gasteiger partial charge in [-0.15, -0.1) is 0 Å². The molecule has 5 nitrogen and oxygen atoms in total. The van der Waals surface area contributed by atoms with Crippen molar-refractivity contribution in [3.05, 3.63) is 59.4 Å². The van der Waals surface area contributed by atoms with Gasteiger partial charge in [-0.2, -0.15) is 0 Å². The van der Waals surface area contributed by atoms with E-state index >= 15 is 0 Å². The number of ether oxygens (including phenoxy) is 2. The van der Waals surface area contributed by atoms with E-state index in [0.717, 1.165) is 5.56 Å². The summed E-state index contributed by atoms with van der Waals surface area (Å²) in [4.78, 5) is 15.4. The minimum absolute atomic E-state index is 0.192. The highest BCUT2D eigenvalue weighted by Crippen LogP contribution is 2.24. The smallest absolute Gasteiger partial charge is 0.356 e. The Labute approximate surface area is 130 Å². The van der Waals surface area contributed by atoms with Crippen LogP contribution in [0.25, 0.3) is 0 Å². The van der Waals surface area contributed by atoms with Gasteiger partial charge in [-0.05, 0) is 31.5 Å². The largest absolute Gasteiger partial charge is 0.482 e. The fraction of sp³-hybridized carbons (Fsp3) is 0.294. The van der Waals surface area contributed by atoms with Crippen LogP contribution in [-0.4, -0.2) is 24.1 Å². The van der Waals surface area contributed by atoms with Crippen LogP contribution >= 0.6 is 0 Å². The van der Waals surface area contributed by atoms with E-state index in [4.69, 9.17) is 10.5 Å². The van der Waals surface area contributed by atoms with E-state index in [1.54, 1.807) is 12.1 Å². The zero-order chi connectivity index (χ0) is 16.1. The number of carbonyl (C=O) groups excluding carboxylic acids is 1. The SMILES string of the molecule is COC(=O)c1ccc(O[C@@H](c2ccc(C)cc2)[C@H](C)N)cn1. The van der Waals surface area contributed by atoms with Crippen LogP contribution in [0, 0.1) is 6.92 Å². The summed E-state index contributed by atoms with van der Waals surface area (Å²) in [6.07, 6.45) is 1.21. The highest BCUT2D eigenvalue weighted by Gasteiger charge is 2.18. The van der Waals surface area contributed by atoms with Crippen LogP contribution < -0.4 is 10.5 Å². The number of methoxy groups -OCH3 is 1. The molecule has 0 spiro atoms. The monoisotopic (exact) mass is 300 g/mol. The number of hydrogen-bond acceptors (Lipinski definition) is 5. The molecule has 0 amide bonds. The van der Waals surface area contributed by atoms with Crippen LogP contribution in [0.1, 0.15) is 34.6 Å². The second kappa shape index (κ2) is 7.04. The normalized spacial score (nSPS) is 13.3. The number of rotatable bonds is 5. The minimum Gasteiger partial charge on any atom is -0.482 e. The molecule has 0 aliphatic carbocycles. The molecule has 0 unspecified atom stereocenters. The third-order valence-electron chi connectivity index (χ3n) is 3.28. The van der Waals surface area contributed by atoms with Gasteiger partial charge in [0.25, 0.3) is 0 Å². The molecule has 2 N–H and O–H groups in total. The van der Waals surface area contributed by atoms with Gasteiger partial charge >= 0.3 is 5.97 Å². The molecule has 1 aromatic heterocycles. The Hall–Kier alpha value is -2.40. The van der Waals surface area contributed by atoms with Crippen molar-refractivity contribution < 1.29 is 14.3 Å². The number of aryl methyl sites for hydroxylation is 1. The van der Waals surface area contributed by atoms with E-state index in [9.17, 15) is 4.79 Å². The van der Waals surface area contributed by atoms with E-state index in [-0.39, 0.29) is 17.8 Å². The lowest BCUT2D eigenvalue weighted by atomic mass is 10.0. The molecule has 1 heterocycles. The van der Waals surface area contributed by atoms with Crippen LogP contribution in [0.3, 0.4) is 0 Å². The molecule has 2 rings (SSSR count). The number of aromatic nitrogens is 1. The Balaban J connectivity index is 2.17. The molecule has 0 aliphatic heterocycles. The Morgan fingerprint density at radius 1 is 1.18 bits per heavy atom. The third kappa shape index (κ3) is 3.83. The lowest BCUT2D eigenvalue weighted by molar-refractivity contribution is 0.0594. The zero-order valence-corrected chi connectivity index (χ0v) is 12.9. The Bertz CT molecular complexity index is 621. The summed E-state index contributed by atoms with van der Waals surface area (Å²) in [6.45, 7) is 3.92. The summed E-state index contributed by atoms with van der Waals surface area (Å²) >= 11 is 0. The molecule has 2 aromatic rings. The first-order valence-electron chi connectivity index (χ1n) is 7.04. The van der Waals surface area contributed by atoms with Crippen LogP contribution in [-0.2, 0) is 4.74 Å². The number of benzene rings is 1. The second-order valence-electron chi connectivity index (χ2n) is 5.18. The topological polar surface area (TPSA) is 74.4 Å². The van der Waals surface area contributed by atoms with Gasteiger partial charge in [0.15, 0.2) is 0 Å². The van der Waals surface area contributed by atoms with Crippen molar-refractivity contribution >= 4 is 5.97 Å². The van der Waals surface area contributed by atoms with E-state index in [1.807, 2.05) is 38.1 Å². The molecule has 5 heteroatoms. The molecule has 22 heavy (non-hydrogen) atoms. The number of nitrogens with two attached hydrogens (primary N) is 1. The maximum Gasteiger partial charge on any atom is 0.356 e. The molecule has 0 radical (unpaired) electrons. The van der Waals surface area contributed by atoms with E-state index in [1.165, 1.54) is 18.9 Å². The molecular formula is C17H20N2O3. The molecule has 0 saturated carbocycles. The lowest BCUT2D eigenvalue weighted by Gasteiger charge is -2.23. The number of carbonyl (C=O) groups is 1. The molecule has 0 bridgehead atoms. The van der Waals surface area contributed by atoms with Crippen molar-refractivity contribution in [2.24, 2.45) is 5.73 Å². The predicted molar refractivity (Wildman–Crippen MR) is 83.8 cm³/mol. The third-order valence-corrected chi connectivity index (χ3v) is 3.28. The highest BCUT2D eigenvalue weighted by molar-refractivity contribution is 5.87. The van der Waals surface area contributed by atoms with Crippen LogP contribution in [0.2, 0.25) is 0 Å². The highest BCUT2D eigenvalue weighted by atomic mass is 16.5. The van der Waals surface area contributed by atoms with Gasteiger partial charge in [0.05, 0.1) is 13.3 Å². The van der Waals surface area contributed by atoms with Crippen LogP contribution in [0.5, 0.6) is 5.75 Å². The molecule has 116 valence electrons. The van der Waals surface area contributed by atoms with Crippen molar-refractivity contribution in [3.63, 3.8) is 0 Å². The number of pyridine rings is 1. The minimum atomic E-state index is -0.478. The Kier molecular flexibility index (Phi) is 5.12. The van der Waals surface area contributed by atoms with Gasteiger partial charge in [-0.1, -0.05) is 29.8 Å². The van der Waals surface area contributed by atoms with Gasteiger partial charge in [0.2, 0.25) is 0 Å². The maximum absolute atomic E-state index is 11.4. The summed E-state index contributed by atoms with van der Waals surface area (Å²) in [6, 6.07) is 11.1. The molecule has 0 aliphatic rings. The first kappa shape index (κ1) is 16.0. The molecule has 2 atom stereocenters. The fourth-order valence-electron chi connectivity index (χ4n) is 2.06. The molecule has 0 saturated heterocycles. The number of nitrogens with zero attached hydrogens (tertiary/aromatic N) is 1. The van der Waals surface area contributed by atoms with Crippen molar-refractivity contribution in [1.82, 2.24) is 4.98 Å². The quantitative estimate of drug-likeness (QED) is 0.859. The Morgan fingerprint density at radius 2 is 1.86 bits per heavy atom. The van der Waals surface area contributed by atoms with Crippen molar-refractivity contribution in [2.45, 2.75) is 26.0 Å². The first-order valence-corrected chi connectivity index (χ1v) is 7.04.